The number of nitrogens with zero attached hydrogens (tertiary/aromatic N) is 1. The van der Waals surface area contributed by atoms with Crippen LogP contribution in [0, 0.1) is 0 Å². The van der Waals surface area contributed by atoms with E-state index in [1.54, 1.807) is 12.0 Å². The molecule has 0 radical (unpaired) electrons. The van der Waals surface area contributed by atoms with Crippen molar-refractivity contribution in [1.82, 2.24) is 5.06 Å². The van der Waals surface area contributed by atoms with Crippen LogP contribution in [-0.4, -0.2) is 30.8 Å². The second kappa shape index (κ2) is 6.12. The predicted octanol–water partition coefficient (Wildman–Crippen LogP) is 1.81. The molecule has 0 N–H and O–H groups in total. The highest BCUT2D eigenvalue weighted by molar-refractivity contribution is 5.87. The molecule has 1 heterocycles. The summed E-state index contributed by atoms with van der Waals surface area (Å²) in [4.78, 5) is 16.7. The first-order valence-corrected chi connectivity index (χ1v) is 5.24. The Labute approximate surface area is 95.8 Å². The van der Waals surface area contributed by atoms with Crippen molar-refractivity contribution >= 4 is 5.97 Å². The van der Waals surface area contributed by atoms with Crippen LogP contribution in [-0.2, 0) is 14.4 Å². The molecule has 1 aliphatic heterocycles. The molecular formula is C12H17NO3. The van der Waals surface area contributed by atoms with Gasteiger partial charge >= 0.3 is 5.97 Å². The molecule has 0 aliphatic carbocycles. The standard InChI is InChI=1S/C12H17NO3/c1-4-15-12(14)10(2)9-16-13-8-6-5-7-11(13)3/h5-7H,2,4,8-9H2,1,3H3. The van der Waals surface area contributed by atoms with E-state index in [1.165, 1.54) is 0 Å². The second-order valence-corrected chi connectivity index (χ2v) is 3.39. The van der Waals surface area contributed by atoms with Gasteiger partial charge in [0.15, 0.2) is 0 Å². The van der Waals surface area contributed by atoms with Crippen LogP contribution in [0.15, 0.2) is 36.1 Å². The van der Waals surface area contributed by atoms with E-state index in [1.807, 2.05) is 25.2 Å². The van der Waals surface area contributed by atoms with Gasteiger partial charge in [-0.3, -0.25) is 9.90 Å². The predicted molar refractivity (Wildman–Crippen MR) is 61.3 cm³/mol. The molecule has 4 heteroatoms. The molecule has 0 saturated heterocycles. The van der Waals surface area contributed by atoms with Crippen molar-refractivity contribution in [1.29, 1.82) is 0 Å². The minimum atomic E-state index is -0.406. The highest BCUT2D eigenvalue weighted by Crippen LogP contribution is 2.10. The van der Waals surface area contributed by atoms with Gasteiger partial charge in [0.2, 0.25) is 0 Å². The molecule has 1 aliphatic rings. The van der Waals surface area contributed by atoms with Gasteiger partial charge in [-0.15, -0.1) is 0 Å². The van der Waals surface area contributed by atoms with E-state index < -0.39 is 5.97 Å². The SMILES string of the molecule is C=C(CON1CC=CC=C1C)C(=O)OCC. The molecule has 16 heavy (non-hydrogen) atoms. The lowest BCUT2D eigenvalue weighted by Crippen LogP contribution is -2.26. The van der Waals surface area contributed by atoms with Gasteiger partial charge in [0.05, 0.1) is 18.7 Å². The molecular weight excluding hydrogens is 206 g/mol. The molecule has 0 aromatic rings. The minimum Gasteiger partial charge on any atom is -0.463 e. The average Bonchev–Trinajstić information content (AvgIpc) is 2.28. The number of hydrogen-bond acceptors (Lipinski definition) is 4. The van der Waals surface area contributed by atoms with Crippen LogP contribution >= 0.6 is 0 Å². The molecule has 0 spiro atoms. The van der Waals surface area contributed by atoms with Crippen LogP contribution in [0.1, 0.15) is 13.8 Å². The van der Waals surface area contributed by atoms with E-state index in [0.717, 1.165) is 5.70 Å². The van der Waals surface area contributed by atoms with Gasteiger partial charge in [0.25, 0.3) is 0 Å². The fraction of sp³-hybridized carbons (Fsp3) is 0.417. The number of esters is 1. The second-order valence-electron chi connectivity index (χ2n) is 3.39. The zero-order chi connectivity index (χ0) is 12.0. The van der Waals surface area contributed by atoms with Crippen LogP contribution in [0.2, 0.25) is 0 Å². The van der Waals surface area contributed by atoms with Gasteiger partial charge in [0.1, 0.15) is 6.61 Å². The van der Waals surface area contributed by atoms with Crippen molar-refractivity contribution in [2.24, 2.45) is 0 Å². The Morgan fingerprint density at radius 2 is 2.38 bits per heavy atom. The van der Waals surface area contributed by atoms with Crippen molar-refractivity contribution in [2.75, 3.05) is 19.8 Å². The number of rotatable bonds is 5. The van der Waals surface area contributed by atoms with Crippen molar-refractivity contribution in [2.45, 2.75) is 13.8 Å². The Hall–Kier alpha value is -1.55. The maximum atomic E-state index is 11.2. The van der Waals surface area contributed by atoms with E-state index >= 15 is 0 Å². The van der Waals surface area contributed by atoms with Crippen molar-refractivity contribution in [3.05, 3.63) is 36.1 Å². The summed E-state index contributed by atoms with van der Waals surface area (Å²) in [5.74, 6) is -0.406. The molecule has 0 atom stereocenters. The minimum absolute atomic E-state index is 0.151. The highest BCUT2D eigenvalue weighted by atomic mass is 16.7. The number of hydrogen-bond donors (Lipinski definition) is 0. The summed E-state index contributed by atoms with van der Waals surface area (Å²) in [6, 6.07) is 0. The maximum Gasteiger partial charge on any atom is 0.335 e. The van der Waals surface area contributed by atoms with E-state index in [0.29, 0.717) is 18.7 Å². The van der Waals surface area contributed by atoms with Gasteiger partial charge in [-0.2, -0.15) is 0 Å². The summed E-state index contributed by atoms with van der Waals surface area (Å²) >= 11 is 0. The third-order valence-electron chi connectivity index (χ3n) is 2.10. The molecule has 0 saturated carbocycles. The molecule has 4 nitrogen and oxygen atoms in total. The molecule has 0 amide bonds. The average molecular weight is 223 g/mol. The van der Waals surface area contributed by atoms with Crippen LogP contribution in [0.3, 0.4) is 0 Å². The van der Waals surface area contributed by atoms with Crippen LogP contribution in [0.5, 0.6) is 0 Å². The number of ether oxygens (including phenoxy) is 1. The summed E-state index contributed by atoms with van der Waals surface area (Å²) in [6.07, 6.45) is 5.88. The third kappa shape index (κ3) is 3.55. The molecule has 0 unspecified atom stereocenters. The summed E-state index contributed by atoms with van der Waals surface area (Å²) in [5, 5.41) is 1.71. The van der Waals surface area contributed by atoms with Gasteiger partial charge in [0, 0.05) is 5.70 Å². The largest absolute Gasteiger partial charge is 0.463 e. The van der Waals surface area contributed by atoms with Crippen LogP contribution < -0.4 is 0 Å². The summed E-state index contributed by atoms with van der Waals surface area (Å²) < 4.78 is 4.80. The van der Waals surface area contributed by atoms with Gasteiger partial charge < -0.3 is 4.74 Å². The van der Waals surface area contributed by atoms with E-state index in [-0.39, 0.29) is 6.61 Å². The molecule has 0 aromatic carbocycles. The van der Waals surface area contributed by atoms with Gasteiger partial charge in [-0.25, -0.2) is 4.79 Å². The lowest BCUT2D eigenvalue weighted by atomic mass is 10.3. The molecule has 0 aromatic heterocycles. The Bertz CT molecular complexity index is 331. The fourth-order valence-electron chi connectivity index (χ4n) is 1.19. The monoisotopic (exact) mass is 223 g/mol. The topological polar surface area (TPSA) is 38.8 Å². The van der Waals surface area contributed by atoms with Gasteiger partial charge in [-0.05, 0) is 19.9 Å². The number of allylic oxidation sites excluding steroid dienone is 3. The number of carbonyl (C=O) groups is 1. The zero-order valence-corrected chi connectivity index (χ0v) is 9.73. The molecule has 0 fully saturated rings. The van der Waals surface area contributed by atoms with Crippen molar-refractivity contribution < 1.29 is 14.4 Å². The summed E-state index contributed by atoms with van der Waals surface area (Å²) in [7, 11) is 0. The maximum absolute atomic E-state index is 11.2. The number of hydroxylamine groups is 2. The van der Waals surface area contributed by atoms with Crippen LogP contribution in [0.4, 0.5) is 0 Å². The quantitative estimate of drug-likeness (QED) is 0.526. The Kier molecular flexibility index (Phi) is 4.79. The normalized spacial score (nSPS) is 14.6. The fourth-order valence-corrected chi connectivity index (χ4v) is 1.19. The Balaban J connectivity index is 2.35. The lowest BCUT2D eigenvalue weighted by molar-refractivity contribution is -0.144. The van der Waals surface area contributed by atoms with Crippen molar-refractivity contribution in [3.63, 3.8) is 0 Å². The Morgan fingerprint density at radius 3 is 3.00 bits per heavy atom. The van der Waals surface area contributed by atoms with Crippen LogP contribution in [0.25, 0.3) is 0 Å². The molecule has 1 rings (SSSR count). The summed E-state index contributed by atoms with van der Waals surface area (Å²) in [6.45, 7) is 8.50. The number of carbonyl (C=O) groups excluding carboxylic acids is 1. The molecule has 0 bridgehead atoms. The third-order valence-corrected chi connectivity index (χ3v) is 2.10. The van der Waals surface area contributed by atoms with Gasteiger partial charge in [-0.1, -0.05) is 18.7 Å². The Morgan fingerprint density at radius 1 is 1.62 bits per heavy atom. The molecule has 88 valence electrons. The first-order valence-electron chi connectivity index (χ1n) is 5.24. The van der Waals surface area contributed by atoms with E-state index in [9.17, 15) is 4.79 Å². The van der Waals surface area contributed by atoms with E-state index in [2.05, 4.69) is 6.58 Å². The lowest BCUT2D eigenvalue weighted by Gasteiger charge is -2.25. The smallest absolute Gasteiger partial charge is 0.335 e. The van der Waals surface area contributed by atoms with Crippen molar-refractivity contribution in [3.8, 4) is 0 Å². The first kappa shape index (κ1) is 12.5. The zero-order valence-electron chi connectivity index (χ0n) is 9.73. The summed E-state index contributed by atoms with van der Waals surface area (Å²) in [5.41, 5.74) is 1.32. The van der Waals surface area contributed by atoms with E-state index in [4.69, 9.17) is 9.57 Å². The highest BCUT2D eigenvalue weighted by Gasteiger charge is 2.12. The first-order chi connectivity index (χ1) is 7.65.